The van der Waals surface area contributed by atoms with Crippen molar-refractivity contribution in [3.05, 3.63) is 53.6 Å². The van der Waals surface area contributed by atoms with Crippen molar-refractivity contribution >= 4 is 54.3 Å². The molecule has 0 aliphatic carbocycles. The second-order valence-electron chi connectivity index (χ2n) is 4.16. The molecule has 0 radical (unpaired) electrons. The van der Waals surface area contributed by atoms with Crippen LogP contribution < -0.4 is 14.4 Å². The molecule has 0 amide bonds. The Kier molecular flexibility index (Phi) is 6.59. The molecule has 2 aromatic carbocycles. The SMILES string of the molecule is Nc1ccc([As](=O)(O)O)cc1.O=[As](O)(O)c1ccc(Cl)cc1. The van der Waals surface area contributed by atoms with E-state index >= 15 is 0 Å². The van der Waals surface area contributed by atoms with Gasteiger partial charge in [-0.25, -0.2) is 0 Å². The number of nitrogens with two attached hydrogens (primary N) is 1. The van der Waals surface area contributed by atoms with Gasteiger partial charge < -0.3 is 0 Å². The molecule has 0 fully saturated rings. The monoisotopic (exact) mass is 453 g/mol. The van der Waals surface area contributed by atoms with Gasteiger partial charge in [0.15, 0.2) is 0 Å². The Hall–Kier alpha value is -0.913. The van der Waals surface area contributed by atoms with E-state index in [1.807, 2.05) is 0 Å². The van der Waals surface area contributed by atoms with Crippen LogP contribution in [0.15, 0.2) is 48.5 Å². The van der Waals surface area contributed by atoms with E-state index in [0.717, 1.165) is 0 Å². The molecule has 0 saturated carbocycles. The predicted molar refractivity (Wildman–Crippen MR) is 83.3 cm³/mol. The quantitative estimate of drug-likeness (QED) is 0.282. The summed E-state index contributed by atoms with van der Waals surface area (Å²) in [7, 11) is 0. The standard InChI is InChI=1S/C6H6AsClO3.C6H8AsNO3/c2*8-6-3-1-5(2-4-6)7(9,10)11/h1-4H,(H2,9,10,11);1-4H,8H2,(H2,9,10,11). The van der Waals surface area contributed by atoms with Crippen molar-refractivity contribution in [3.8, 4) is 0 Å². The number of benzene rings is 2. The Morgan fingerprint density at radius 2 is 1.05 bits per heavy atom. The van der Waals surface area contributed by atoms with Gasteiger partial charge >= 0.3 is 137 Å². The van der Waals surface area contributed by atoms with Crippen molar-refractivity contribution in [2.45, 2.75) is 0 Å². The molecule has 2 rings (SSSR count). The molecular weight excluding hydrogens is 439 g/mol. The van der Waals surface area contributed by atoms with Crippen molar-refractivity contribution in [1.29, 1.82) is 0 Å². The van der Waals surface area contributed by atoms with E-state index in [-0.39, 0.29) is 8.70 Å². The van der Waals surface area contributed by atoms with Crippen molar-refractivity contribution in [2.75, 3.05) is 5.73 Å². The van der Waals surface area contributed by atoms with E-state index in [0.29, 0.717) is 10.7 Å². The minimum atomic E-state index is -4.68. The normalized spacial score (nSPS) is 11.5. The number of halogens is 1. The van der Waals surface area contributed by atoms with Crippen molar-refractivity contribution in [3.63, 3.8) is 0 Å². The van der Waals surface area contributed by atoms with E-state index in [4.69, 9.17) is 33.7 Å². The molecule has 0 heterocycles. The molecule has 2 aromatic rings. The Labute approximate surface area is 137 Å². The first-order valence-electron chi connectivity index (χ1n) is 5.73. The Morgan fingerprint density at radius 1 is 0.727 bits per heavy atom. The van der Waals surface area contributed by atoms with Gasteiger partial charge in [-0.05, 0) is 0 Å². The van der Waals surface area contributed by atoms with Gasteiger partial charge in [-0.1, -0.05) is 0 Å². The van der Waals surface area contributed by atoms with Crippen molar-refractivity contribution < 1.29 is 23.9 Å². The molecule has 0 aliphatic heterocycles. The van der Waals surface area contributed by atoms with Gasteiger partial charge in [0, 0.05) is 0 Å². The molecule has 120 valence electrons. The molecule has 0 unspecified atom stereocenters. The van der Waals surface area contributed by atoms with Crippen LogP contribution in [-0.4, -0.2) is 44.7 Å². The molecule has 0 aliphatic rings. The Balaban J connectivity index is 0.000000220. The van der Waals surface area contributed by atoms with E-state index < -0.39 is 28.3 Å². The summed E-state index contributed by atoms with van der Waals surface area (Å²) in [5, 5.41) is 0.470. The summed E-state index contributed by atoms with van der Waals surface area (Å²) >= 11 is -3.85. The summed E-state index contributed by atoms with van der Waals surface area (Å²) in [6.07, 6.45) is 0. The molecule has 0 bridgehead atoms. The maximum absolute atomic E-state index is 10.7. The van der Waals surface area contributed by atoms with Gasteiger partial charge in [-0.15, -0.1) is 0 Å². The average Bonchev–Trinajstić information content (AvgIpc) is 2.38. The van der Waals surface area contributed by atoms with Crippen LogP contribution in [0.4, 0.5) is 5.69 Å². The molecule has 10 heteroatoms. The zero-order chi connectivity index (χ0) is 17.0. The van der Waals surface area contributed by atoms with Crippen LogP contribution >= 0.6 is 11.6 Å². The second kappa shape index (κ2) is 7.57. The van der Waals surface area contributed by atoms with Crippen LogP contribution in [0.1, 0.15) is 0 Å². The molecule has 6 N–H and O–H groups in total. The number of rotatable bonds is 2. The molecule has 0 saturated heterocycles. The second-order valence-corrected chi connectivity index (χ2v) is 11.3. The minimum absolute atomic E-state index is 0.0486. The Bertz CT molecular complexity index is 644. The van der Waals surface area contributed by atoms with Gasteiger partial charge in [0.25, 0.3) is 0 Å². The van der Waals surface area contributed by atoms with Crippen LogP contribution in [0.2, 0.25) is 5.02 Å². The van der Waals surface area contributed by atoms with Gasteiger partial charge in [0.1, 0.15) is 0 Å². The summed E-state index contributed by atoms with van der Waals surface area (Å²) in [6.45, 7) is 0. The molecule has 0 atom stereocenters. The van der Waals surface area contributed by atoms with E-state index in [9.17, 15) is 7.48 Å². The summed E-state index contributed by atoms with van der Waals surface area (Å²) in [6, 6.07) is 11.2. The number of hydrogen-bond donors (Lipinski definition) is 5. The fourth-order valence-electron chi connectivity index (χ4n) is 1.30. The molecular formula is C12H14As2ClNO6. The van der Waals surface area contributed by atoms with E-state index in [1.165, 1.54) is 48.5 Å². The van der Waals surface area contributed by atoms with E-state index in [2.05, 4.69) is 0 Å². The number of anilines is 1. The van der Waals surface area contributed by atoms with Gasteiger partial charge in [0.05, 0.1) is 0 Å². The van der Waals surface area contributed by atoms with Gasteiger partial charge in [0.2, 0.25) is 0 Å². The summed E-state index contributed by atoms with van der Waals surface area (Å²) < 4.78 is 56.3. The van der Waals surface area contributed by atoms with Crippen LogP contribution in [0.3, 0.4) is 0 Å². The topological polar surface area (TPSA) is 141 Å². The third kappa shape index (κ3) is 6.46. The fourth-order valence-corrected chi connectivity index (χ4v) is 3.69. The van der Waals surface area contributed by atoms with Crippen molar-refractivity contribution in [1.82, 2.24) is 0 Å². The first kappa shape index (κ1) is 19.1. The van der Waals surface area contributed by atoms with Gasteiger partial charge in [-0.3, -0.25) is 0 Å². The maximum atomic E-state index is 10.7. The summed E-state index contributed by atoms with van der Waals surface area (Å²) in [5.74, 6) is 0. The van der Waals surface area contributed by atoms with E-state index in [1.54, 1.807) is 0 Å². The number of nitrogen functional groups attached to an aromatic ring is 1. The molecule has 0 spiro atoms. The van der Waals surface area contributed by atoms with Crippen LogP contribution in [-0.2, 0) is 7.48 Å². The fraction of sp³-hybridized carbons (Fsp3) is 0. The number of hydrogen-bond acceptors (Lipinski definition) is 3. The third-order valence-electron chi connectivity index (χ3n) is 2.39. The molecule has 7 nitrogen and oxygen atoms in total. The van der Waals surface area contributed by atoms with Crippen molar-refractivity contribution in [2.24, 2.45) is 0 Å². The van der Waals surface area contributed by atoms with Gasteiger partial charge in [-0.2, -0.15) is 0 Å². The van der Waals surface area contributed by atoms with Crippen LogP contribution in [0.5, 0.6) is 0 Å². The van der Waals surface area contributed by atoms with Crippen LogP contribution in [0.25, 0.3) is 0 Å². The summed E-state index contributed by atoms with van der Waals surface area (Å²) in [5.41, 5.74) is 5.82. The summed E-state index contributed by atoms with van der Waals surface area (Å²) in [4.78, 5) is 0. The molecule has 22 heavy (non-hydrogen) atoms. The Morgan fingerprint density at radius 3 is 1.36 bits per heavy atom. The predicted octanol–water partition coefficient (Wildman–Crippen LogP) is -1.27. The average molecular weight is 454 g/mol. The first-order valence-corrected chi connectivity index (χ1v) is 12.9. The zero-order valence-electron chi connectivity index (χ0n) is 11.1. The third-order valence-corrected chi connectivity index (χ3v) is 6.72. The molecule has 0 aromatic heterocycles. The zero-order valence-corrected chi connectivity index (χ0v) is 15.6. The first-order chi connectivity index (χ1) is 10.00. The van der Waals surface area contributed by atoms with Crippen LogP contribution in [0, 0.1) is 0 Å².